The highest BCUT2D eigenvalue weighted by atomic mass is 32.2. The van der Waals surface area contributed by atoms with Crippen LogP contribution in [0.15, 0.2) is 18.3 Å². The summed E-state index contributed by atoms with van der Waals surface area (Å²) in [7, 11) is -2.89. The van der Waals surface area contributed by atoms with Crippen LogP contribution < -0.4 is 16.0 Å². The number of nitrogens with one attached hydrogen (secondary N) is 3. The second-order valence-corrected chi connectivity index (χ2v) is 7.78. The van der Waals surface area contributed by atoms with Gasteiger partial charge in [0.2, 0.25) is 0 Å². The van der Waals surface area contributed by atoms with Crippen molar-refractivity contribution in [2.75, 3.05) is 22.1 Å². The van der Waals surface area contributed by atoms with Gasteiger partial charge in [-0.05, 0) is 31.4 Å². The average Bonchev–Trinajstić information content (AvgIpc) is 3.15. The molecule has 2 amide bonds. The maximum absolute atomic E-state index is 11.6. The van der Waals surface area contributed by atoms with Crippen molar-refractivity contribution in [3.63, 3.8) is 0 Å². The monoisotopic (exact) mass is 310 g/mol. The lowest BCUT2D eigenvalue weighted by molar-refractivity contribution is 0.251. The Labute approximate surface area is 123 Å². The summed E-state index contributed by atoms with van der Waals surface area (Å²) in [4.78, 5) is 15.7. The van der Waals surface area contributed by atoms with E-state index in [0.717, 1.165) is 18.5 Å². The lowest BCUT2D eigenvalue weighted by Crippen LogP contribution is -2.30. The van der Waals surface area contributed by atoms with E-state index in [4.69, 9.17) is 0 Å². The second kappa shape index (κ2) is 5.51. The molecule has 1 aromatic heterocycles. The van der Waals surface area contributed by atoms with Gasteiger partial charge in [0.15, 0.2) is 9.84 Å². The molecular weight excluding hydrogens is 292 g/mol. The van der Waals surface area contributed by atoms with Gasteiger partial charge >= 0.3 is 6.03 Å². The zero-order valence-corrected chi connectivity index (χ0v) is 12.3. The number of sulfone groups is 1. The standard InChI is InChI=1S/C13H18N4O3S/c18-13(16-9-1-2-9)17-12-4-3-10(7-14-12)15-11-5-6-21(19,20)8-11/h3-4,7,9,11,15H,1-2,5-6,8H2,(H2,14,16,17,18). The predicted octanol–water partition coefficient (Wildman–Crippen LogP) is 0.964. The van der Waals surface area contributed by atoms with E-state index >= 15 is 0 Å². The van der Waals surface area contributed by atoms with Gasteiger partial charge in [-0.15, -0.1) is 0 Å². The summed E-state index contributed by atoms with van der Waals surface area (Å²) < 4.78 is 22.8. The Balaban J connectivity index is 1.52. The lowest BCUT2D eigenvalue weighted by atomic mass is 10.2. The van der Waals surface area contributed by atoms with Crippen molar-refractivity contribution in [1.82, 2.24) is 10.3 Å². The summed E-state index contributed by atoms with van der Waals surface area (Å²) in [5.74, 6) is 0.869. The van der Waals surface area contributed by atoms with Gasteiger partial charge in [-0.2, -0.15) is 0 Å². The molecule has 1 atom stereocenters. The van der Waals surface area contributed by atoms with Crippen molar-refractivity contribution >= 4 is 27.4 Å². The first-order valence-electron chi connectivity index (χ1n) is 7.01. The number of urea groups is 1. The van der Waals surface area contributed by atoms with Crippen LogP contribution in [0.4, 0.5) is 16.3 Å². The molecule has 2 fully saturated rings. The highest BCUT2D eigenvalue weighted by Gasteiger charge is 2.27. The van der Waals surface area contributed by atoms with Gasteiger partial charge in [-0.25, -0.2) is 18.2 Å². The average molecular weight is 310 g/mol. The van der Waals surface area contributed by atoms with E-state index in [9.17, 15) is 13.2 Å². The number of rotatable bonds is 4. The van der Waals surface area contributed by atoms with E-state index in [2.05, 4.69) is 20.9 Å². The molecule has 3 N–H and O–H groups in total. The Bertz CT molecular complexity index is 625. The quantitative estimate of drug-likeness (QED) is 0.769. The van der Waals surface area contributed by atoms with E-state index in [1.54, 1.807) is 18.3 Å². The third kappa shape index (κ3) is 4.07. The number of carbonyl (C=O) groups excluding carboxylic acids is 1. The Kier molecular flexibility index (Phi) is 3.71. The zero-order chi connectivity index (χ0) is 14.9. The van der Waals surface area contributed by atoms with Crippen LogP contribution >= 0.6 is 0 Å². The van der Waals surface area contributed by atoms with Crippen LogP contribution in [-0.4, -0.2) is 43.0 Å². The number of nitrogens with zero attached hydrogens (tertiary/aromatic N) is 1. The van der Waals surface area contributed by atoms with Crippen molar-refractivity contribution in [3.05, 3.63) is 18.3 Å². The molecule has 0 spiro atoms. The van der Waals surface area contributed by atoms with Crippen LogP contribution in [0.2, 0.25) is 0 Å². The molecule has 21 heavy (non-hydrogen) atoms. The number of amides is 2. The van der Waals surface area contributed by atoms with Crippen molar-refractivity contribution in [2.24, 2.45) is 0 Å². The minimum Gasteiger partial charge on any atom is -0.380 e. The van der Waals surface area contributed by atoms with Crippen molar-refractivity contribution in [2.45, 2.75) is 31.3 Å². The van der Waals surface area contributed by atoms with E-state index < -0.39 is 9.84 Å². The zero-order valence-electron chi connectivity index (χ0n) is 11.5. The molecule has 7 nitrogen and oxygen atoms in total. The Hall–Kier alpha value is -1.83. The summed E-state index contributed by atoms with van der Waals surface area (Å²) in [5.41, 5.74) is 0.755. The van der Waals surface area contributed by atoms with Gasteiger partial charge in [-0.3, -0.25) is 5.32 Å². The van der Waals surface area contributed by atoms with Gasteiger partial charge in [-0.1, -0.05) is 0 Å². The van der Waals surface area contributed by atoms with Gasteiger partial charge in [0.05, 0.1) is 23.4 Å². The number of carbonyl (C=O) groups is 1. The number of anilines is 2. The van der Waals surface area contributed by atoms with Crippen molar-refractivity contribution in [1.29, 1.82) is 0 Å². The summed E-state index contributed by atoms with van der Waals surface area (Å²) in [6.45, 7) is 0. The van der Waals surface area contributed by atoms with E-state index in [1.807, 2.05) is 0 Å². The maximum atomic E-state index is 11.6. The van der Waals surface area contributed by atoms with Crippen molar-refractivity contribution in [3.8, 4) is 0 Å². The van der Waals surface area contributed by atoms with Crippen molar-refractivity contribution < 1.29 is 13.2 Å². The Morgan fingerprint density at radius 3 is 2.57 bits per heavy atom. The maximum Gasteiger partial charge on any atom is 0.320 e. The number of hydrogen-bond donors (Lipinski definition) is 3. The summed E-state index contributed by atoms with van der Waals surface area (Å²) in [5, 5.41) is 8.62. The fraction of sp³-hybridized carbons (Fsp3) is 0.538. The fourth-order valence-electron chi connectivity index (χ4n) is 2.26. The molecule has 1 aliphatic carbocycles. The van der Waals surface area contributed by atoms with E-state index in [-0.39, 0.29) is 23.6 Å². The molecule has 2 aliphatic rings. The first-order chi connectivity index (χ1) is 10.00. The molecule has 0 bridgehead atoms. The van der Waals surface area contributed by atoms with Gasteiger partial charge in [0.1, 0.15) is 5.82 Å². The highest BCUT2D eigenvalue weighted by Crippen LogP contribution is 2.19. The molecule has 0 aromatic carbocycles. The minimum atomic E-state index is -2.89. The van der Waals surface area contributed by atoms with Crippen LogP contribution in [0.25, 0.3) is 0 Å². The molecule has 1 aliphatic heterocycles. The molecule has 8 heteroatoms. The fourth-order valence-corrected chi connectivity index (χ4v) is 3.94. The third-order valence-corrected chi connectivity index (χ3v) is 5.29. The Morgan fingerprint density at radius 1 is 1.19 bits per heavy atom. The first kappa shape index (κ1) is 14.1. The largest absolute Gasteiger partial charge is 0.380 e. The lowest BCUT2D eigenvalue weighted by Gasteiger charge is -2.12. The number of pyridine rings is 1. The molecule has 3 rings (SSSR count). The van der Waals surface area contributed by atoms with Crippen LogP contribution in [-0.2, 0) is 9.84 Å². The first-order valence-corrected chi connectivity index (χ1v) is 8.83. The molecule has 1 saturated heterocycles. The normalized spacial score (nSPS) is 23.5. The molecular formula is C13H18N4O3S. The molecule has 114 valence electrons. The second-order valence-electron chi connectivity index (χ2n) is 5.55. The Morgan fingerprint density at radius 2 is 2.00 bits per heavy atom. The molecule has 1 unspecified atom stereocenters. The summed E-state index contributed by atoms with van der Waals surface area (Å²) >= 11 is 0. The van der Waals surface area contributed by atoms with Crippen LogP contribution in [0.1, 0.15) is 19.3 Å². The van der Waals surface area contributed by atoms with Crippen LogP contribution in [0.3, 0.4) is 0 Å². The number of aromatic nitrogens is 1. The molecule has 0 radical (unpaired) electrons. The van der Waals surface area contributed by atoms with Crippen LogP contribution in [0.5, 0.6) is 0 Å². The van der Waals surface area contributed by atoms with Crippen LogP contribution in [0, 0.1) is 0 Å². The highest BCUT2D eigenvalue weighted by molar-refractivity contribution is 7.91. The van der Waals surface area contributed by atoms with Gasteiger partial charge < -0.3 is 10.6 Å². The van der Waals surface area contributed by atoms with Gasteiger partial charge in [0.25, 0.3) is 0 Å². The summed E-state index contributed by atoms with van der Waals surface area (Å²) in [6.07, 6.45) is 4.28. The number of hydrogen-bond acceptors (Lipinski definition) is 5. The molecule has 2 heterocycles. The topological polar surface area (TPSA) is 100 Å². The molecule has 1 saturated carbocycles. The van der Waals surface area contributed by atoms with E-state index in [0.29, 0.717) is 18.3 Å². The van der Waals surface area contributed by atoms with E-state index in [1.165, 1.54) is 0 Å². The third-order valence-electron chi connectivity index (χ3n) is 3.52. The predicted molar refractivity (Wildman–Crippen MR) is 80.1 cm³/mol. The minimum absolute atomic E-state index is 0.0613. The SMILES string of the molecule is O=C(Nc1ccc(NC2CCS(=O)(=O)C2)cn1)NC1CC1. The smallest absolute Gasteiger partial charge is 0.320 e. The summed E-state index contributed by atoms with van der Waals surface area (Å²) in [6, 6.07) is 3.47. The molecule has 1 aromatic rings. The van der Waals surface area contributed by atoms with Gasteiger partial charge in [0, 0.05) is 12.1 Å².